The van der Waals surface area contributed by atoms with Gasteiger partial charge in [0.25, 0.3) is 11.9 Å². The zero-order chi connectivity index (χ0) is 63.6. The van der Waals surface area contributed by atoms with Crippen LogP contribution in [0, 0.1) is 0 Å². The number of nitrogens with zero attached hydrogens (tertiary/aromatic N) is 8. The maximum Gasteiger partial charge on any atom is 0.305 e. The molecule has 6 heterocycles. The summed E-state index contributed by atoms with van der Waals surface area (Å²) in [5.41, 5.74) is 13.3. The molecule has 91 heavy (non-hydrogen) atoms. The van der Waals surface area contributed by atoms with Crippen LogP contribution in [0.2, 0.25) is 5.28 Å². The summed E-state index contributed by atoms with van der Waals surface area (Å²) in [6.45, 7) is 3.73. The third kappa shape index (κ3) is 28.5. The van der Waals surface area contributed by atoms with Crippen molar-refractivity contribution in [1.29, 1.82) is 0 Å². The molecule has 22 nitrogen and oxygen atoms in total. The summed E-state index contributed by atoms with van der Waals surface area (Å²) in [6.07, 6.45) is 36.8. The van der Waals surface area contributed by atoms with Gasteiger partial charge in [0.1, 0.15) is 12.5 Å². The fraction of sp³-hybridized carbons (Fsp3) is 0.612. The van der Waals surface area contributed by atoms with Crippen molar-refractivity contribution < 1.29 is 68.8 Å². The van der Waals surface area contributed by atoms with Gasteiger partial charge in [-0.25, -0.2) is 9.97 Å². The number of aromatic nitrogens is 8. The van der Waals surface area contributed by atoms with E-state index in [1.165, 1.54) is 102 Å². The fourth-order valence-electron chi connectivity index (χ4n) is 11.3. The Hall–Kier alpha value is -6.51. The van der Waals surface area contributed by atoms with E-state index in [-0.39, 0.29) is 57.5 Å². The number of halogens is 1. The summed E-state index contributed by atoms with van der Waals surface area (Å²) in [4.78, 5) is 67.9. The number of ether oxygens (including phenoxy) is 4. The molecule has 4 fully saturated rings. The normalized spacial score (nSPS) is 16.4. The van der Waals surface area contributed by atoms with E-state index in [1.54, 1.807) is 6.33 Å². The number of carbonyl (C=O) groups is 4. The first kappa shape index (κ1) is 76.9. The van der Waals surface area contributed by atoms with E-state index in [2.05, 4.69) is 76.6 Å². The maximum atomic E-state index is 11.2. The molecule has 0 spiro atoms. The summed E-state index contributed by atoms with van der Waals surface area (Å²) in [6, 6.07) is 17.5. The molecule has 2 atom stereocenters. The molecular weight excluding hydrogens is 1270 g/mol. The van der Waals surface area contributed by atoms with Crippen molar-refractivity contribution in [2.75, 3.05) is 49.1 Å². The number of imidazole rings is 2. The van der Waals surface area contributed by atoms with Crippen molar-refractivity contribution in [3.63, 3.8) is 0 Å². The Bertz CT molecular complexity index is 3020. The molecule has 2 aromatic carbocycles. The number of anilines is 5. The predicted molar refractivity (Wildman–Crippen MR) is 355 cm³/mol. The maximum absolute atomic E-state index is 11.2. The number of carbonyl (C=O) groups excluding carboxylic acids is 2. The van der Waals surface area contributed by atoms with Gasteiger partial charge in [-0.3, -0.25) is 28.3 Å². The topological polar surface area (TPSA) is 295 Å². The number of esters is 2. The summed E-state index contributed by atoms with van der Waals surface area (Å²) >= 11 is 6.17. The molecule has 2 unspecified atom stereocenters. The predicted octanol–water partition coefficient (Wildman–Crippen LogP) is 15.1. The number of methoxy groups -OCH3 is 2. The zero-order valence-electron chi connectivity index (χ0n) is 53.2. The van der Waals surface area contributed by atoms with E-state index in [4.69, 9.17) is 66.3 Å². The number of aliphatic carboxylic acids is 2. The van der Waals surface area contributed by atoms with E-state index in [0.29, 0.717) is 30.9 Å². The molecular formula is C67H101ClN12O10Pd. The Morgan fingerprint density at radius 1 is 0.560 bits per heavy atom. The number of hydrogen-bond donors (Lipinski definition) is 6. The molecule has 7 N–H and O–H groups in total. The van der Waals surface area contributed by atoms with Crippen LogP contribution in [0.4, 0.5) is 29.0 Å². The number of nitrogens with one attached hydrogen (secondary N) is 3. The number of aryl methyl sites for hydroxylation is 2. The summed E-state index contributed by atoms with van der Waals surface area (Å²) < 4.78 is 25.3. The van der Waals surface area contributed by atoms with Crippen LogP contribution < -0.4 is 21.7 Å². The molecule has 0 radical (unpaired) electrons. The van der Waals surface area contributed by atoms with Gasteiger partial charge in [0.2, 0.25) is 11.2 Å². The molecule has 2 aliphatic heterocycles. The van der Waals surface area contributed by atoms with Crippen molar-refractivity contribution in [2.45, 2.75) is 238 Å². The van der Waals surface area contributed by atoms with Crippen LogP contribution in [0.5, 0.6) is 0 Å². The number of nitrogen functional groups attached to an aromatic ring is 1. The van der Waals surface area contributed by atoms with Gasteiger partial charge in [-0.1, -0.05) is 109 Å². The summed E-state index contributed by atoms with van der Waals surface area (Å²) in [7, 11) is 2.89. The average molecular weight is 1380 g/mol. The molecule has 0 amide bonds. The Morgan fingerprint density at radius 3 is 1.38 bits per heavy atom. The number of nitrogens with two attached hydrogens (primary N) is 1. The molecule has 4 aliphatic rings. The van der Waals surface area contributed by atoms with Crippen molar-refractivity contribution in [3.8, 4) is 0 Å². The Labute approximate surface area is 556 Å². The van der Waals surface area contributed by atoms with Gasteiger partial charge in [-0.2, -0.15) is 19.9 Å². The number of fused-ring (bicyclic) bond motifs is 2. The van der Waals surface area contributed by atoms with Gasteiger partial charge >= 0.3 is 11.9 Å². The first-order valence-corrected chi connectivity index (χ1v) is 32.7. The van der Waals surface area contributed by atoms with Crippen molar-refractivity contribution in [3.05, 3.63) is 77.6 Å². The molecule has 24 heteroatoms. The van der Waals surface area contributed by atoms with Crippen molar-refractivity contribution >= 4 is 86.8 Å². The van der Waals surface area contributed by atoms with E-state index in [9.17, 15) is 9.59 Å². The Morgan fingerprint density at radius 2 is 0.956 bits per heavy atom. The second-order valence-electron chi connectivity index (χ2n) is 23.3. The second-order valence-corrected chi connectivity index (χ2v) is 23.6. The zero-order valence-corrected chi connectivity index (χ0v) is 55.5. The summed E-state index contributed by atoms with van der Waals surface area (Å²) in [5, 5.41) is 25.8. The number of hydrogen-bond acceptors (Lipinski definition) is 18. The largest absolute Gasteiger partial charge is 0.481 e. The van der Waals surface area contributed by atoms with Crippen LogP contribution in [0.1, 0.15) is 225 Å². The Kier molecular flexibility index (Phi) is 36.6. The molecule has 2 saturated heterocycles. The third-order valence-electron chi connectivity index (χ3n) is 16.0. The van der Waals surface area contributed by atoms with Crippen LogP contribution in [-0.4, -0.2) is 113 Å². The molecule has 2 aliphatic carbocycles. The van der Waals surface area contributed by atoms with E-state index < -0.39 is 11.9 Å². The van der Waals surface area contributed by atoms with Crippen molar-refractivity contribution in [2.24, 2.45) is 0 Å². The van der Waals surface area contributed by atoms with E-state index in [0.717, 1.165) is 175 Å². The van der Waals surface area contributed by atoms with Crippen LogP contribution >= 0.6 is 11.6 Å². The number of carboxylic acids is 2. The Balaban J connectivity index is 0.000000293. The quantitative estimate of drug-likeness (QED) is 0.0108. The van der Waals surface area contributed by atoms with Gasteiger partial charge in [0.15, 0.2) is 34.0 Å². The minimum absolute atomic E-state index is 0. The first-order chi connectivity index (χ1) is 43.2. The number of unbranched alkanes of at least 4 members (excludes halogenated alkanes) is 8. The van der Waals surface area contributed by atoms with Gasteiger partial charge in [0, 0.05) is 83.8 Å². The van der Waals surface area contributed by atoms with Crippen LogP contribution in [0.25, 0.3) is 22.3 Å². The second kappa shape index (κ2) is 43.3. The van der Waals surface area contributed by atoms with Crippen LogP contribution in [0.15, 0.2) is 61.2 Å². The minimum Gasteiger partial charge on any atom is -0.481 e. The summed E-state index contributed by atoms with van der Waals surface area (Å²) in [5.74, 6) is 0.248. The molecule has 6 aromatic rings. The monoisotopic (exact) mass is 1370 g/mol. The van der Waals surface area contributed by atoms with Gasteiger partial charge in [-0.15, -0.1) is 0 Å². The number of rotatable bonds is 24. The molecule has 10 rings (SSSR count). The van der Waals surface area contributed by atoms with Gasteiger partial charge in [0.05, 0.1) is 26.9 Å². The molecule has 0 bridgehead atoms. The van der Waals surface area contributed by atoms with Gasteiger partial charge < -0.3 is 50.8 Å². The average Bonchev–Trinajstić information content (AvgIpc) is 1.70. The van der Waals surface area contributed by atoms with Crippen molar-refractivity contribution in [1.82, 2.24) is 39.0 Å². The standard InChI is InChI=1S/C31H44N6O3.C16H22ClN5O.C15H23NO2.2C2H4O2.CH4.Pd/c1-39-27(38)16-9-4-2-3-6-12-23-17-19-25(20-18-23)34-31-35-29(33-24-13-7-5-8-14-24)28-30(36-31)37(22-32-28)26-15-10-11-21-40-26;17-16-20-14(19-11-6-2-1-3-7-11)13-15(21-16)22(10-18-13)12-8-4-5-9-23-12;1-18-15(17)8-6-4-2-3-5-7-13-9-11-14(16)12-10-13;2*1-2(3)4;;/h17-20,22,24,26H,2-16,21H2,1H3,(H2,33,34,35,36);10-12H,1-9H2,(H,19,20,21);9-12H,2-8,16H2,1H3;2*1H3,(H,3,4);1H4;. The fourth-order valence-corrected chi connectivity index (χ4v) is 11.4. The van der Waals surface area contributed by atoms with Crippen LogP contribution in [-0.2, 0) is 71.4 Å². The number of benzene rings is 2. The van der Waals surface area contributed by atoms with E-state index >= 15 is 0 Å². The molecule has 4 aromatic heterocycles. The van der Waals surface area contributed by atoms with E-state index in [1.807, 2.05) is 23.0 Å². The third-order valence-corrected chi connectivity index (χ3v) is 16.1. The minimum atomic E-state index is -0.833. The van der Waals surface area contributed by atoms with Crippen LogP contribution in [0.3, 0.4) is 0 Å². The molecule has 2 saturated carbocycles. The SMILES string of the molecule is C.CC(=O)O.CC(=O)O.COC(=O)CCCCCCCc1ccc(N)cc1.COC(=O)CCCCCCCc1ccc(Nc2nc(NC3CCCCC3)c3ncn(C4CCCCO4)c3n2)cc1.Clc1nc(NC2CCCCC2)c2ncn(C3CCCCO3)c2n1.[Pd]. The molecule has 506 valence electrons. The first-order valence-electron chi connectivity index (χ1n) is 32.3. The van der Waals surface area contributed by atoms with Gasteiger partial charge in [-0.05, 0) is 150 Å². The number of carboxylic acid groups (broad SMARTS) is 2. The smallest absolute Gasteiger partial charge is 0.305 e.